The molecule has 5 rings (SSSR count). The van der Waals surface area contributed by atoms with E-state index in [1.54, 1.807) is 0 Å². The minimum absolute atomic E-state index is 0.0244. The largest absolute Gasteiger partial charge is 0.462 e. The number of carbonyl (C=O) groups is 2. The van der Waals surface area contributed by atoms with Gasteiger partial charge in [-0.25, -0.2) is 4.79 Å². The quantitative estimate of drug-likeness (QED) is 0.473. The lowest BCUT2D eigenvalue weighted by Crippen LogP contribution is -2.35. The summed E-state index contributed by atoms with van der Waals surface area (Å²) < 4.78 is 22.5. The van der Waals surface area contributed by atoms with Crippen LogP contribution in [0.15, 0.2) is 11.6 Å². The third kappa shape index (κ3) is 1.49. The van der Waals surface area contributed by atoms with E-state index < -0.39 is 6.10 Å². The van der Waals surface area contributed by atoms with Crippen molar-refractivity contribution in [3.63, 3.8) is 0 Å². The molecule has 6 heteroatoms. The smallest absolute Gasteiger partial charge is 0.337 e. The number of hydrogen-bond acceptors (Lipinski definition) is 6. The summed E-state index contributed by atoms with van der Waals surface area (Å²) in [5.74, 6) is -0.970. The van der Waals surface area contributed by atoms with Crippen LogP contribution in [0.1, 0.15) is 20.3 Å². The molecule has 3 fully saturated rings. The molecule has 5 aliphatic rings. The maximum absolute atomic E-state index is 12.1. The minimum Gasteiger partial charge on any atom is -0.462 e. The second kappa shape index (κ2) is 3.50. The molecule has 0 N–H and O–H groups in total. The first-order valence-corrected chi connectivity index (χ1v) is 7.44. The van der Waals surface area contributed by atoms with E-state index in [1.807, 2.05) is 19.9 Å². The van der Waals surface area contributed by atoms with Gasteiger partial charge in [0.05, 0.1) is 17.1 Å². The topological polar surface area (TPSA) is 77.7 Å². The molecule has 0 amide bonds. The van der Waals surface area contributed by atoms with Crippen molar-refractivity contribution < 1.29 is 28.5 Å². The van der Waals surface area contributed by atoms with E-state index >= 15 is 0 Å². The van der Waals surface area contributed by atoms with Crippen LogP contribution in [0.5, 0.6) is 0 Å². The highest BCUT2D eigenvalue weighted by atomic mass is 16.7. The van der Waals surface area contributed by atoms with Crippen LogP contribution in [-0.4, -0.2) is 48.1 Å². The Morgan fingerprint density at radius 2 is 2.10 bits per heavy atom. The van der Waals surface area contributed by atoms with Crippen LogP contribution in [0.3, 0.4) is 0 Å². The lowest BCUT2D eigenvalue weighted by atomic mass is 9.81. The molecule has 21 heavy (non-hydrogen) atoms. The highest BCUT2D eigenvalue weighted by molar-refractivity contribution is 5.93. The highest BCUT2D eigenvalue weighted by Crippen LogP contribution is 2.54. The van der Waals surface area contributed by atoms with Gasteiger partial charge in [0.15, 0.2) is 0 Å². The third-order valence-corrected chi connectivity index (χ3v) is 5.53. The molecule has 0 spiro atoms. The first kappa shape index (κ1) is 12.2. The summed E-state index contributed by atoms with van der Waals surface area (Å²) in [7, 11) is 0. The number of fused-ring (bicyclic) bond motifs is 7. The fourth-order valence-corrected chi connectivity index (χ4v) is 4.20. The number of ether oxygens (including phenoxy) is 4. The minimum atomic E-state index is -0.400. The standard InChI is InChI=1S/C15H16O6/c1-5-9-7-3-6(14(17)18-7)10-11(20-10)12-15(2,21-12)4-8(9)19-13(5)16/h3,5,7-12H,4H2,1-2H3/t5-,7+,8+,9+,10-,11-,12+,15+/m1/s1. The molecular weight excluding hydrogens is 276 g/mol. The molecule has 112 valence electrons. The summed E-state index contributed by atoms with van der Waals surface area (Å²) in [6.45, 7) is 3.85. The van der Waals surface area contributed by atoms with Crippen molar-refractivity contribution in [1.82, 2.24) is 0 Å². The Bertz CT molecular complexity index is 597. The maximum Gasteiger partial charge on any atom is 0.337 e. The molecule has 3 saturated heterocycles. The molecule has 4 heterocycles. The van der Waals surface area contributed by atoms with E-state index in [-0.39, 0.29) is 53.8 Å². The van der Waals surface area contributed by atoms with E-state index in [0.717, 1.165) is 0 Å². The molecule has 0 unspecified atom stereocenters. The van der Waals surface area contributed by atoms with Crippen LogP contribution in [0.2, 0.25) is 0 Å². The molecule has 8 atom stereocenters. The second-order valence-electron chi connectivity index (χ2n) is 6.91. The zero-order valence-electron chi connectivity index (χ0n) is 11.8. The van der Waals surface area contributed by atoms with Gasteiger partial charge >= 0.3 is 11.9 Å². The molecule has 1 aliphatic carbocycles. The number of hydrogen-bond donors (Lipinski definition) is 0. The van der Waals surface area contributed by atoms with Gasteiger partial charge < -0.3 is 18.9 Å². The zero-order valence-corrected chi connectivity index (χ0v) is 11.8. The van der Waals surface area contributed by atoms with Crippen molar-refractivity contribution in [1.29, 1.82) is 0 Å². The van der Waals surface area contributed by atoms with Crippen LogP contribution in [-0.2, 0) is 28.5 Å². The summed E-state index contributed by atoms with van der Waals surface area (Å²) >= 11 is 0. The van der Waals surface area contributed by atoms with Crippen molar-refractivity contribution >= 4 is 11.9 Å². The highest BCUT2D eigenvalue weighted by Gasteiger charge is 2.69. The number of rotatable bonds is 0. The Hall–Kier alpha value is -1.40. The second-order valence-corrected chi connectivity index (χ2v) is 6.91. The van der Waals surface area contributed by atoms with Gasteiger partial charge in [0, 0.05) is 12.3 Å². The van der Waals surface area contributed by atoms with Crippen molar-refractivity contribution in [3.05, 3.63) is 11.6 Å². The molecule has 4 aliphatic heterocycles. The predicted molar refractivity (Wildman–Crippen MR) is 67.1 cm³/mol. The van der Waals surface area contributed by atoms with E-state index in [4.69, 9.17) is 18.9 Å². The fraction of sp³-hybridized carbons (Fsp3) is 0.733. The summed E-state index contributed by atoms with van der Waals surface area (Å²) in [6.07, 6.45) is 1.48. The van der Waals surface area contributed by atoms with Crippen LogP contribution >= 0.6 is 0 Å². The molecule has 0 aromatic carbocycles. The summed E-state index contributed by atoms with van der Waals surface area (Å²) in [6, 6.07) is 0. The van der Waals surface area contributed by atoms with Gasteiger partial charge in [0.1, 0.15) is 30.5 Å². The lowest BCUT2D eigenvalue weighted by molar-refractivity contribution is -0.144. The Balaban J connectivity index is 1.57. The van der Waals surface area contributed by atoms with Gasteiger partial charge in [-0.2, -0.15) is 0 Å². The summed E-state index contributed by atoms with van der Waals surface area (Å²) in [5.41, 5.74) is 0.252. The maximum atomic E-state index is 12.1. The van der Waals surface area contributed by atoms with Gasteiger partial charge in [-0.3, -0.25) is 4.79 Å². The van der Waals surface area contributed by atoms with Crippen LogP contribution < -0.4 is 0 Å². The molecule has 0 radical (unpaired) electrons. The molecule has 2 bridgehead atoms. The van der Waals surface area contributed by atoms with Gasteiger partial charge in [0.2, 0.25) is 0 Å². The summed E-state index contributed by atoms with van der Waals surface area (Å²) in [4.78, 5) is 24.0. The van der Waals surface area contributed by atoms with Crippen molar-refractivity contribution in [2.75, 3.05) is 0 Å². The molecule has 6 nitrogen and oxygen atoms in total. The van der Waals surface area contributed by atoms with Gasteiger partial charge in [0.25, 0.3) is 0 Å². The monoisotopic (exact) mass is 292 g/mol. The van der Waals surface area contributed by atoms with Gasteiger partial charge in [-0.1, -0.05) is 6.92 Å². The predicted octanol–water partition coefficient (Wildman–Crippen LogP) is 0.344. The van der Waals surface area contributed by atoms with E-state index in [0.29, 0.717) is 12.0 Å². The number of carbonyl (C=O) groups excluding carboxylic acids is 2. The first-order chi connectivity index (χ1) is 9.98. The van der Waals surface area contributed by atoms with Crippen molar-refractivity contribution in [3.8, 4) is 0 Å². The molecule has 0 aromatic rings. The Labute approximate surface area is 121 Å². The Morgan fingerprint density at radius 1 is 1.29 bits per heavy atom. The number of epoxide rings is 2. The molecular formula is C15H16O6. The Morgan fingerprint density at radius 3 is 2.90 bits per heavy atom. The summed E-state index contributed by atoms with van der Waals surface area (Å²) in [5, 5.41) is 0. The van der Waals surface area contributed by atoms with E-state index in [9.17, 15) is 9.59 Å². The molecule has 0 saturated carbocycles. The fourth-order valence-electron chi connectivity index (χ4n) is 4.20. The van der Waals surface area contributed by atoms with Crippen molar-refractivity contribution in [2.24, 2.45) is 11.8 Å². The van der Waals surface area contributed by atoms with Gasteiger partial charge in [-0.15, -0.1) is 0 Å². The van der Waals surface area contributed by atoms with Crippen LogP contribution in [0.25, 0.3) is 0 Å². The van der Waals surface area contributed by atoms with Gasteiger partial charge in [-0.05, 0) is 13.0 Å². The lowest BCUT2D eigenvalue weighted by Gasteiger charge is -2.24. The number of esters is 2. The Kier molecular flexibility index (Phi) is 2.03. The SMILES string of the molecule is C[C@H]1C(=O)O[C@H]2C[C@]3(C)O[C@H]3[C@@H]3O[C@@H]3C3=C[C@H](OC3=O)[C@@H]21. The van der Waals surface area contributed by atoms with Crippen LogP contribution in [0, 0.1) is 11.8 Å². The van der Waals surface area contributed by atoms with Crippen LogP contribution in [0.4, 0.5) is 0 Å². The average Bonchev–Trinajstić information content (AvgIpc) is 3.25. The van der Waals surface area contributed by atoms with E-state index in [1.165, 1.54) is 0 Å². The normalized spacial score (nSPS) is 56.5. The van der Waals surface area contributed by atoms with Crippen molar-refractivity contribution in [2.45, 2.75) is 56.4 Å². The molecule has 0 aromatic heterocycles. The van der Waals surface area contributed by atoms with E-state index in [2.05, 4.69) is 0 Å². The first-order valence-electron chi connectivity index (χ1n) is 7.44. The average molecular weight is 292 g/mol. The third-order valence-electron chi connectivity index (χ3n) is 5.53. The zero-order chi connectivity index (χ0) is 14.5.